The third-order valence-electron chi connectivity index (χ3n) is 4.29. The van der Waals surface area contributed by atoms with E-state index in [9.17, 15) is 14.4 Å². The van der Waals surface area contributed by atoms with Gasteiger partial charge in [-0.1, -0.05) is 47.1 Å². The van der Waals surface area contributed by atoms with Gasteiger partial charge in [-0.2, -0.15) is 5.10 Å². The monoisotopic (exact) mass is 457 g/mol. The molecule has 1 aromatic heterocycles. The number of carbonyl (C=O) groups excluding carboxylic acids is 2. The van der Waals surface area contributed by atoms with Crippen molar-refractivity contribution in [3.8, 4) is 0 Å². The summed E-state index contributed by atoms with van der Waals surface area (Å²) in [6.07, 6.45) is 0.689. The molecule has 1 heterocycles. The van der Waals surface area contributed by atoms with E-state index < -0.39 is 18.5 Å². The zero-order valence-corrected chi connectivity index (χ0v) is 17.7. The molecule has 2 aromatic carbocycles. The largest absolute Gasteiger partial charge is 0.451 e. The lowest BCUT2D eigenvalue weighted by atomic mass is 10.1. The van der Waals surface area contributed by atoms with Gasteiger partial charge in [-0.15, -0.1) is 0 Å². The summed E-state index contributed by atoms with van der Waals surface area (Å²) in [6, 6.07) is 12.1. The van der Waals surface area contributed by atoms with Gasteiger partial charge < -0.3 is 10.1 Å². The highest BCUT2D eigenvalue weighted by molar-refractivity contribution is 9.10. The van der Waals surface area contributed by atoms with Gasteiger partial charge in [0.1, 0.15) is 0 Å². The van der Waals surface area contributed by atoms with E-state index in [0.29, 0.717) is 29.4 Å². The summed E-state index contributed by atoms with van der Waals surface area (Å²) < 4.78 is 7.27. The van der Waals surface area contributed by atoms with Crippen LogP contribution in [0.4, 0.5) is 5.69 Å². The molecule has 7 nitrogen and oxygen atoms in total. The number of nitrogens with one attached hydrogen (secondary N) is 1. The highest BCUT2D eigenvalue weighted by atomic mass is 79.9. The predicted molar refractivity (Wildman–Crippen MR) is 114 cm³/mol. The average Bonchev–Trinajstić information content (AvgIpc) is 2.71. The summed E-state index contributed by atoms with van der Waals surface area (Å²) in [5.74, 6) is -1.23. The van der Waals surface area contributed by atoms with Crippen LogP contribution in [0.3, 0.4) is 0 Å². The van der Waals surface area contributed by atoms with Crippen molar-refractivity contribution in [3.05, 3.63) is 68.5 Å². The van der Waals surface area contributed by atoms with E-state index in [4.69, 9.17) is 4.74 Å². The van der Waals surface area contributed by atoms with Crippen LogP contribution in [0, 0.1) is 6.92 Å². The first-order valence-electron chi connectivity index (χ1n) is 9.13. The molecule has 0 radical (unpaired) electrons. The topological polar surface area (TPSA) is 90.3 Å². The van der Waals surface area contributed by atoms with Crippen molar-refractivity contribution in [2.45, 2.75) is 26.8 Å². The lowest BCUT2D eigenvalue weighted by Crippen LogP contribution is -2.27. The highest BCUT2D eigenvalue weighted by Gasteiger charge is 2.19. The number of aryl methyl sites for hydroxylation is 2. The fraction of sp³-hybridized carbons (Fsp3) is 0.238. The molecule has 3 rings (SSSR count). The number of anilines is 1. The van der Waals surface area contributed by atoms with Gasteiger partial charge in [-0.25, -0.2) is 9.48 Å². The van der Waals surface area contributed by atoms with E-state index >= 15 is 0 Å². The number of esters is 1. The molecule has 1 amide bonds. The SMILES string of the molecule is CCCn1nc(C(=O)OCC(=O)Nc2ccc(C)c(Br)c2)c2ccccc2c1=O. The van der Waals surface area contributed by atoms with Crippen molar-refractivity contribution in [3.63, 3.8) is 0 Å². The van der Waals surface area contributed by atoms with Gasteiger partial charge in [0.25, 0.3) is 11.5 Å². The zero-order chi connectivity index (χ0) is 21.0. The lowest BCUT2D eigenvalue weighted by Gasteiger charge is -2.11. The van der Waals surface area contributed by atoms with Crippen LogP contribution in [0.15, 0.2) is 51.7 Å². The van der Waals surface area contributed by atoms with Crippen molar-refractivity contribution in [1.82, 2.24) is 9.78 Å². The molecule has 3 aromatic rings. The number of nitrogens with zero attached hydrogens (tertiary/aromatic N) is 2. The fourth-order valence-electron chi connectivity index (χ4n) is 2.82. The summed E-state index contributed by atoms with van der Waals surface area (Å²) in [7, 11) is 0. The van der Waals surface area contributed by atoms with Gasteiger partial charge in [0, 0.05) is 22.1 Å². The van der Waals surface area contributed by atoms with E-state index in [-0.39, 0.29) is 11.3 Å². The number of rotatable bonds is 6. The number of hydrogen-bond donors (Lipinski definition) is 1. The van der Waals surface area contributed by atoms with Crippen LogP contribution < -0.4 is 10.9 Å². The second kappa shape index (κ2) is 9.00. The Balaban J connectivity index is 1.77. The Kier molecular flexibility index (Phi) is 6.43. The molecule has 8 heteroatoms. The van der Waals surface area contributed by atoms with Crippen molar-refractivity contribution in [2.24, 2.45) is 0 Å². The van der Waals surface area contributed by atoms with Gasteiger partial charge in [0.05, 0.1) is 5.39 Å². The van der Waals surface area contributed by atoms with Crippen molar-refractivity contribution >= 4 is 44.3 Å². The van der Waals surface area contributed by atoms with Crippen LogP contribution in [0.1, 0.15) is 29.4 Å². The molecular weight excluding hydrogens is 438 g/mol. The maximum Gasteiger partial charge on any atom is 0.359 e. The first-order chi connectivity index (χ1) is 13.9. The van der Waals surface area contributed by atoms with E-state index in [1.165, 1.54) is 4.68 Å². The third-order valence-corrected chi connectivity index (χ3v) is 5.14. The number of benzene rings is 2. The Morgan fingerprint density at radius 1 is 1.17 bits per heavy atom. The molecule has 0 unspecified atom stereocenters. The van der Waals surface area contributed by atoms with Crippen molar-refractivity contribution in [2.75, 3.05) is 11.9 Å². The van der Waals surface area contributed by atoms with Crippen LogP contribution in [0.2, 0.25) is 0 Å². The summed E-state index contributed by atoms with van der Waals surface area (Å²) >= 11 is 3.40. The van der Waals surface area contributed by atoms with Gasteiger partial charge in [0.2, 0.25) is 0 Å². The van der Waals surface area contributed by atoms with E-state index in [1.54, 1.807) is 36.4 Å². The van der Waals surface area contributed by atoms with Crippen LogP contribution in [0.5, 0.6) is 0 Å². The third kappa shape index (κ3) is 4.71. The molecule has 0 spiro atoms. The summed E-state index contributed by atoms with van der Waals surface area (Å²) in [6.45, 7) is 3.77. The molecule has 0 aliphatic heterocycles. The van der Waals surface area contributed by atoms with Gasteiger partial charge in [0.15, 0.2) is 12.3 Å². The maximum absolute atomic E-state index is 12.6. The van der Waals surface area contributed by atoms with Crippen LogP contribution in [-0.2, 0) is 16.1 Å². The Bertz CT molecular complexity index is 1140. The molecule has 0 saturated carbocycles. The number of halogens is 1. The standard InChI is InChI=1S/C21H20BrN3O4/c1-3-10-25-20(27)16-7-5-4-6-15(16)19(24-25)21(28)29-12-18(26)23-14-9-8-13(2)17(22)11-14/h4-9,11H,3,10,12H2,1-2H3,(H,23,26). The predicted octanol–water partition coefficient (Wildman–Crippen LogP) is 3.67. The number of aromatic nitrogens is 2. The Labute approximate surface area is 175 Å². The van der Waals surface area contributed by atoms with E-state index in [0.717, 1.165) is 10.0 Å². The summed E-state index contributed by atoms with van der Waals surface area (Å²) in [5.41, 5.74) is 1.37. The van der Waals surface area contributed by atoms with Gasteiger partial charge >= 0.3 is 5.97 Å². The first-order valence-corrected chi connectivity index (χ1v) is 9.93. The van der Waals surface area contributed by atoms with Crippen LogP contribution >= 0.6 is 15.9 Å². The molecule has 0 aliphatic carbocycles. The van der Waals surface area contributed by atoms with Crippen molar-refractivity contribution in [1.29, 1.82) is 0 Å². The number of fused-ring (bicyclic) bond motifs is 1. The first kappa shape index (κ1) is 20.7. The minimum absolute atomic E-state index is 0.0135. The summed E-state index contributed by atoms with van der Waals surface area (Å²) in [5, 5.41) is 7.62. The van der Waals surface area contributed by atoms with Crippen molar-refractivity contribution < 1.29 is 14.3 Å². The molecule has 0 fully saturated rings. The molecule has 0 bridgehead atoms. The Hall–Kier alpha value is -3.00. The Morgan fingerprint density at radius 3 is 2.59 bits per heavy atom. The maximum atomic E-state index is 12.6. The Morgan fingerprint density at radius 2 is 1.90 bits per heavy atom. The normalized spacial score (nSPS) is 10.7. The van der Waals surface area contributed by atoms with E-state index in [2.05, 4.69) is 26.3 Å². The number of ether oxygens (including phenoxy) is 1. The molecule has 1 N–H and O–H groups in total. The quantitative estimate of drug-likeness (QED) is 0.570. The molecule has 29 heavy (non-hydrogen) atoms. The number of carbonyl (C=O) groups is 2. The molecular formula is C21H20BrN3O4. The zero-order valence-electron chi connectivity index (χ0n) is 16.1. The average molecular weight is 458 g/mol. The smallest absolute Gasteiger partial charge is 0.359 e. The molecule has 0 saturated heterocycles. The minimum Gasteiger partial charge on any atom is -0.451 e. The molecule has 150 valence electrons. The highest BCUT2D eigenvalue weighted by Crippen LogP contribution is 2.20. The summed E-state index contributed by atoms with van der Waals surface area (Å²) in [4.78, 5) is 37.2. The lowest BCUT2D eigenvalue weighted by molar-refractivity contribution is -0.119. The van der Waals surface area contributed by atoms with Gasteiger partial charge in [-0.3, -0.25) is 9.59 Å². The molecule has 0 aliphatic rings. The number of hydrogen-bond acceptors (Lipinski definition) is 5. The van der Waals surface area contributed by atoms with E-state index in [1.807, 2.05) is 19.9 Å². The van der Waals surface area contributed by atoms with Gasteiger partial charge in [-0.05, 0) is 37.1 Å². The van der Waals surface area contributed by atoms with Crippen LogP contribution in [-0.4, -0.2) is 28.3 Å². The van der Waals surface area contributed by atoms with Crippen LogP contribution in [0.25, 0.3) is 10.8 Å². The number of amides is 1. The molecule has 0 atom stereocenters. The second-order valence-electron chi connectivity index (χ2n) is 6.51. The minimum atomic E-state index is -0.758. The second-order valence-corrected chi connectivity index (χ2v) is 7.37. The fourth-order valence-corrected chi connectivity index (χ4v) is 3.20.